The van der Waals surface area contributed by atoms with E-state index in [0.29, 0.717) is 0 Å². The molecule has 0 heterocycles. The molecule has 17 heavy (non-hydrogen) atoms. The normalized spacial score (nSPS) is 12.5. The van der Waals surface area contributed by atoms with Crippen molar-refractivity contribution >= 4 is 19.3 Å². The molecule has 0 unspecified atom stereocenters. The van der Waals surface area contributed by atoms with Crippen LogP contribution in [0.5, 0.6) is 0 Å². The summed E-state index contributed by atoms with van der Waals surface area (Å²) in [6, 6.07) is 7.92. The van der Waals surface area contributed by atoms with Crippen LogP contribution >= 0.6 is 0 Å². The fourth-order valence-electron chi connectivity index (χ4n) is 1.67. The van der Waals surface area contributed by atoms with Gasteiger partial charge in [0, 0.05) is 6.42 Å². The summed E-state index contributed by atoms with van der Waals surface area (Å²) in [5.74, 6) is 0. The largest absolute Gasteiger partial charge is 0.388 e. The van der Waals surface area contributed by atoms with Crippen molar-refractivity contribution in [3.63, 3.8) is 0 Å². The van der Waals surface area contributed by atoms with E-state index in [1.807, 2.05) is 37.4 Å². The standard InChI is InChI=1S/C13H17F3Si/c1-4-11-5-7-12(8-6-11)17(2,3)10-9-13(14,15)16/h4-8H,1,9-10H2,2-3H3. The van der Waals surface area contributed by atoms with Gasteiger partial charge in [0.25, 0.3) is 0 Å². The Morgan fingerprint density at radius 1 is 1.18 bits per heavy atom. The highest BCUT2D eigenvalue weighted by Crippen LogP contribution is 2.26. The molecule has 0 aliphatic rings. The lowest BCUT2D eigenvalue weighted by Crippen LogP contribution is -2.41. The quantitative estimate of drug-likeness (QED) is 0.710. The van der Waals surface area contributed by atoms with Crippen LogP contribution in [0.1, 0.15) is 12.0 Å². The van der Waals surface area contributed by atoms with Crippen LogP contribution < -0.4 is 5.19 Å². The van der Waals surface area contributed by atoms with Gasteiger partial charge in [0.2, 0.25) is 0 Å². The van der Waals surface area contributed by atoms with Crippen molar-refractivity contribution < 1.29 is 13.2 Å². The summed E-state index contributed by atoms with van der Waals surface area (Å²) in [7, 11) is -1.98. The van der Waals surface area contributed by atoms with Crippen molar-refractivity contribution in [1.29, 1.82) is 0 Å². The van der Waals surface area contributed by atoms with Gasteiger partial charge in [-0.2, -0.15) is 13.2 Å². The number of rotatable bonds is 4. The Morgan fingerprint density at radius 3 is 2.12 bits per heavy atom. The minimum Gasteiger partial charge on any atom is -0.171 e. The molecule has 0 fully saturated rings. The lowest BCUT2D eigenvalue weighted by atomic mass is 10.2. The highest BCUT2D eigenvalue weighted by Gasteiger charge is 2.32. The van der Waals surface area contributed by atoms with E-state index in [-0.39, 0.29) is 6.04 Å². The zero-order valence-electron chi connectivity index (χ0n) is 10.1. The van der Waals surface area contributed by atoms with E-state index in [1.165, 1.54) is 0 Å². The zero-order chi connectivity index (χ0) is 13.1. The van der Waals surface area contributed by atoms with Crippen molar-refractivity contribution in [3.05, 3.63) is 36.4 Å². The minimum absolute atomic E-state index is 0.240. The summed E-state index contributed by atoms with van der Waals surface area (Å²) < 4.78 is 36.7. The van der Waals surface area contributed by atoms with E-state index < -0.39 is 20.7 Å². The van der Waals surface area contributed by atoms with Gasteiger partial charge in [0.05, 0.1) is 8.07 Å². The van der Waals surface area contributed by atoms with E-state index in [2.05, 4.69) is 6.58 Å². The van der Waals surface area contributed by atoms with Gasteiger partial charge in [-0.15, -0.1) is 0 Å². The third-order valence-electron chi connectivity index (χ3n) is 2.96. The molecular formula is C13H17F3Si. The first-order valence-electron chi connectivity index (χ1n) is 5.54. The topological polar surface area (TPSA) is 0 Å². The maximum Gasteiger partial charge on any atom is 0.388 e. The maximum atomic E-state index is 12.2. The third kappa shape index (κ3) is 4.38. The summed E-state index contributed by atoms with van der Waals surface area (Å²) in [6.07, 6.45) is -3.01. The molecule has 0 saturated heterocycles. The second-order valence-corrected chi connectivity index (χ2v) is 9.67. The van der Waals surface area contributed by atoms with Crippen LogP contribution in [-0.2, 0) is 0 Å². The summed E-state index contributed by atoms with van der Waals surface area (Å²) in [4.78, 5) is 0. The summed E-state index contributed by atoms with van der Waals surface area (Å²) >= 11 is 0. The van der Waals surface area contributed by atoms with Crippen LogP contribution in [0.4, 0.5) is 13.2 Å². The number of benzene rings is 1. The van der Waals surface area contributed by atoms with Crippen molar-refractivity contribution in [3.8, 4) is 0 Å². The van der Waals surface area contributed by atoms with E-state index in [0.717, 1.165) is 10.8 Å². The first-order valence-corrected chi connectivity index (χ1v) is 8.75. The molecule has 0 nitrogen and oxygen atoms in total. The average molecular weight is 258 g/mol. The van der Waals surface area contributed by atoms with Gasteiger partial charge in [-0.25, -0.2) is 0 Å². The van der Waals surface area contributed by atoms with Gasteiger partial charge in [-0.1, -0.05) is 55.2 Å². The number of alkyl halides is 3. The Balaban J connectivity index is 2.77. The van der Waals surface area contributed by atoms with Crippen LogP contribution in [0.15, 0.2) is 30.8 Å². The van der Waals surface area contributed by atoms with Gasteiger partial charge < -0.3 is 0 Å². The lowest BCUT2D eigenvalue weighted by molar-refractivity contribution is -0.130. The Labute approximate surface area is 101 Å². The summed E-state index contributed by atoms with van der Waals surface area (Å²) in [6.45, 7) is 7.60. The fraction of sp³-hybridized carbons (Fsp3) is 0.385. The van der Waals surface area contributed by atoms with Crippen LogP contribution in [0.2, 0.25) is 19.1 Å². The van der Waals surface area contributed by atoms with Crippen LogP contribution in [0.3, 0.4) is 0 Å². The number of halogens is 3. The van der Waals surface area contributed by atoms with Crippen molar-refractivity contribution in [2.45, 2.75) is 31.7 Å². The second-order valence-electron chi connectivity index (χ2n) is 4.83. The molecule has 4 heteroatoms. The molecule has 0 radical (unpaired) electrons. The molecule has 0 aliphatic carbocycles. The maximum absolute atomic E-state index is 12.2. The number of hydrogen-bond acceptors (Lipinski definition) is 0. The molecule has 0 N–H and O–H groups in total. The van der Waals surface area contributed by atoms with E-state index in [4.69, 9.17) is 0 Å². The first-order chi connectivity index (χ1) is 7.74. The highest BCUT2D eigenvalue weighted by molar-refractivity contribution is 6.89. The molecule has 0 bridgehead atoms. The molecule has 94 valence electrons. The molecule has 0 atom stereocenters. The third-order valence-corrected chi connectivity index (χ3v) is 6.36. The van der Waals surface area contributed by atoms with Crippen molar-refractivity contribution in [2.24, 2.45) is 0 Å². The Bertz CT molecular complexity index is 377. The van der Waals surface area contributed by atoms with Crippen molar-refractivity contribution in [2.75, 3.05) is 0 Å². The van der Waals surface area contributed by atoms with Crippen molar-refractivity contribution in [1.82, 2.24) is 0 Å². The van der Waals surface area contributed by atoms with E-state index >= 15 is 0 Å². The van der Waals surface area contributed by atoms with Crippen LogP contribution in [-0.4, -0.2) is 14.3 Å². The molecule has 1 rings (SSSR count). The van der Waals surface area contributed by atoms with Crippen LogP contribution in [0, 0.1) is 0 Å². The van der Waals surface area contributed by atoms with E-state index in [1.54, 1.807) is 6.08 Å². The van der Waals surface area contributed by atoms with Gasteiger partial charge in [-0.05, 0) is 11.6 Å². The molecule has 1 aromatic carbocycles. The molecule has 0 saturated carbocycles. The molecule has 0 amide bonds. The first kappa shape index (κ1) is 14.0. The smallest absolute Gasteiger partial charge is 0.171 e. The van der Waals surface area contributed by atoms with Gasteiger partial charge >= 0.3 is 6.18 Å². The molecule has 0 aromatic heterocycles. The molecule has 0 aliphatic heterocycles. The van der Waals surface area contributed by atoms with Gasteiger partial charge in [-0.3, -0.25) is 0 Å². The van der Waals surface area contributed by atoms with E-state index in [9.17, 15) is 13.2 Å². The van der Waals surface area contributed by atoms with Crippen LogP contribution in [0.25, 0.3) is 6.08 Å². The summed E-state index contributed by atoms with van der Waals surface area (Å²) in [5.41, 5.74) is 0.995. The predicted octanol–water partition coefficient (Wildman–Crippen LogP) is 4.20. The Kier molecular flexibility index (Phi) is 4.19. The Hall–Kier alpha value is -1.03. The second kappa shape index (κ2) is 5.08. The zero-order valence-corrected chi connectivity index (χ0v) is 11.1. The monoisotopic (exact) mass is 258 g/mol. The number of hydrogen-bond donors (Lipinski definition) is 0. The van der Waals surface area contributed by atoms with Gasteiger partial charge in [0.1, 0.15) is 0 Å². The Morgan fingerprint density at radius 2 is 1.71 bits per heavy atom. The molecule has 1 aromatic rings. The predicted molar refractivity (Wildman–Crippen MR) is 69.1 cm³/mol. The molecule has 0 spiro atoms. The van der Waals surface area contributed by atoms with Gasteiger partial charge in [0.15, 0.2) is 0 Å². The fourth-order valence-corrected chi connectivity index (χ4v) is 3.94. The lowest BCUT2D eigenvalue weighted by Gasteiger charge is -2.23. The molecular weight excluding hydrogens is 241 g/mol. The highest BCUT2D eigenvalue weighted by atomic mass is 28.3. The SMILES string of the molecule is C=Cc1ccc([Si](C)(C)CCC(F)(F)F)cc1. The summed E-state index contributed by atoms with van der Waals surface area (Å²) in [5, 5.41) is 1.06. The average Bonchev–Trinajstić information content (AvgIpc) is 2.26. The minimum atomic E-state index is -4.05.